The lowest BCUT2D eigenvalue weighted by molar-refractivity contribution is -0.384. The summed E-state index contributed by atoms with van der Waals surface area (Å²) < 4.78 is 3.14. The van der Waals surface area contributed by atoms with Gasteiger partial charge in [-0.1, -0.05) is 18.2 Å². The van der Waals surface area contributed by atoms with Crippen LogP contribution in [0.25, 0.3) is 21.5 Å². The van der Waals surface area contributed by atoms with Gasteiger partial charge in [-0.05, 0) is 37.8 Å². The van der Waals surface area contributed by atoms with Crippen molar-refractivity contribution in [3.05, 3.63) is 74.0 Å². The maximum absolute atomic E-state index is 13.3. The van der Waals surface area contributed by atoms with Crippen molar-refractivity contribution < 1.29 is 4.92 Å². The molecule has 0 aliphatic carbocycles. The van der Waals surface area contributed by atoms with Gasteiger partial charge in [0.05, 0.1) is 33.5 Å². The molecule has 4 rings (SSSR count). The first-order valence-corrected chi connectivity index (χ1v) is 9.90. The molecule has 0 aliphatic heterocycles. The van der Waals surface area contributed by atoms with Gasteiger partial charge in [-0.2, -0.15) is 10.2 Å². The van der Waals surface area contributed by atoms with E-state index in [1.54, 1.807) is 34.3 Å². The number of rotatable bonds is 4. The van der Waals surface area contributed by atoms with Crippen LogP contribution >= 0.6 is 11.3 Å². The molecule has 3 heterocycles. The number of nitro groups is 1. The molecule has 9 heteroatoms. The summed E-state index contributed by atoms with van der Waals surface area (Å²) >= 11 is 1.54. The molecule has 0 saturated heterocycles. The Morgan fingerprint density at radius 1 is 1.17 bits per heavy atom. The van der Waals surface area contributed by atoms with Crippen molar-refractivity contribution in [1.29, 1.82) is 0 Å². The number of benzene rings is 1. The van der Waals surface area contributed by atoms with Crippen molar-refractivity contribution in [3.8, 4) is 10.6 Å². The second-order valence-corrected chi connectivity index (χ2v) is 8.65. The average molecular weight is 409 g/mol. The quantitative estimate of drug-likeness (QED) is 0.374. The van der Waals surface area contributed by atoms with E-state index in [4.69, 9.17) is 0 Å². The summed E-state index contributed by atoms with van der Waals surface area (Å²) in [4.78, 5) is 24.7. The highest BCUT2D eigenvalue weighted by molar-refractivity contribution is 7.13. The molecule has 0 N–H and O–H groups in total. The fraction of sp³-hybridized carbons (Fsp3) is 0.250. The zero-order chi connectivity index (χ0) is 20.8. The first kappa shape index (κ1) is 19.0. The Bertz CT molecular complexity index is 1250. The number of nitrogens with zero attached hydrogens (tertiary/aromatic N) is 5. The first-order valence-electron chi connectivity index (χ1n) is 9.02. The zero-order valence-corrected chi connectivity index (χ0v) is 17.0. The van der Waals surface area contributed by atoms with Gasteiger partial charge in [0.1, 0.15) is 11.2 Å². The number of nitro benzene ring substituents is 1. The molecule has 0 radical (unpaired) electrons. The lowest BCUT2D eigenvalue weighted by Crippen LogP contribution is -2.30. The van der Waals surface area contributed by atoms with Crippen LogP contribution in [0.4, 0.5) is 5.69 Å². The fourth-order valence-corrected chi connectivity index (χ4v) is 3.90. The van der Waals surface area contributed by atoms with Crippen molar-refractivity contribution in [2.45, 2.75) is 32.9 Å². The number of aromatic nitrogens is 4. The van der Waals surface area contributed by atoms with Crippen molar-refractivity contribution in [1.82, 2.24) is 19.6 Å². The van der Waals surface area contributed by atoms with Gasteiger partial charge in [0, 0.05) is 12.1 Å². The minimum Gasteiger partial charge on any atom is -0.265 e. The predicted molar refractivity (Wildman–Crippen MR) is 112 cm³/mol. The molecule has 0 atom stereocenters. The molecule has 4 aromatic rings. The standard InChI is InChI=1S/C20H19N5O3S/c1-20(2,3)24-18-15(11-21-24)17(16-5-4-10-29-16)22-23(19(18)26)12-13-6-8-14(9-7-13)25(27)28/h4-11H,12H2,1-3H3. The van der Waals surface area contributed by atoms with E-state index < -0.39 is 4.92 Å². The summed E-state index contributed by atoms with van der Waals surface area (Å²) in [6, 6.07) is 10.0. The van der Waals surface area contributed by atoms with Crippen LogP contribution in [0.2, 0.25) is 0 Å². The molecule has 0 bridgehead atoms. The number of fused-ring (bicyclic) bond motifs is 1. The van der Waals surface area contributed by atoms with Crippen LogP contribution in [0.5, 0.6) is 0 Å². The Kier molecular flexibility index (Phi) is 4.54. The van der Waals surface area contributed by atoms with E-state index in [-0.39, 0.29) is 23.3 Å². The van der Waals surface area contributed by atoms with E-state index in [0.29, 0.717) is 16.6 Å². The van der Waals surface area contributed by atoms with Crippen molar-refractivity contribution >= 4 is 27.9 Å². The molecule has 0 amide bonds. The van der Waals surface area contributed by atoms with Crippen LogP contribution in [0.1, 0.15) is 26.3 Å². The number of non-ortho nitro benzene ring substituents is 1. The van der Waals surface area contributed by atoms with E-state index in [1.165, 1.54) is 16.8 Å². The van der Waals surface area contributed by atoms with E-state index in [9.17, 15) is 14.9 Å². The van der Waals surface area contributed by atoms with Gasteiger partial charge in [0.25, 0.3) is 11.2 Å². The molecule has 0 spiro atoms. The maximum Gasteiger partial charge on any atom is 0.293 e. The molecule has 1 aromatic carbocycles. The zero-order valence-electron chi connectivity index (χ0n) is 16.2. The van der Waals surface area contributed by atoms with E-state index in [2.05, 4.69) is 10.2 Å². The van der Waals surface area contributed by atoms with Gasteiger partial charge in [-0.3, -0.25) is 19.6 Å². The predicted octanol–water partition coefficient (Wildman–Crippen LogP) is 4.03. The van der Waals surface area contributed by atoms with Gasteiger partial charge < -0.3 is 0 Å². The second kappa shape index (κ2) is 6.93. The highest BCUT2D eigenvalue weighted by Crippen LogP contribution is 2.30. The van der Waals surface area contributed by atoms with Crippen molar-refractivity contribution in [2.75, 3.05) is 0 Å². The van der Waals surface area contributed by atoms with E-state index in [1.807, 2.05) is 38.3 Å². The van der Waals surface area contributed by atoms with Gasteiger partial charge in [-0.15, -0.1) is 11.3 Å². The third-order valence-electron chi connectivity index (χ3n) is 4.55. The fourth-order valence-electron chi connectivity index (χ4n) is 3.18. The van der Waals surface area contributed by atoms with Crippen LogP contribution in [-0.4, -0.2) is 24.5 Å². The largest absolute Gasteiger partial charge is 0.293 e. The summed E-state index contributed by atoms with van der Waals surface area (Å²) in [7, 11) is 0. The van der Waals surface area contributed by atoms with Gasteiger partial charge in [-0.25, -0.2) is 4.68 Å². The maximum atomic E-state index is 13.3. The van der Waals surface area contributed by atoms with Crippen LogP contribution < -0.4 is 5.56 Å². The van der Waals surface area contributed by atoms with Crippen molar-refractivity contribution in [3.63, 3.8) is 0 Å². The average Bonchev–Trinajstić information content (AvgIpc) is 3.34. The van der Waals surface area contributed by atoms with Crippen LogP contribution in [0.3, 0.4) is 0 Å². The SMILES string of the molecule is CC(C)(C)n1ncc2c(-c3cccs3)nn(Cc3ccc([N+](=O)[O-])cc3)c(=O)c21. The summed E-state index contributed by atoms with van der Waals surface area (Å²) in [5.41, 5.74) is 1.34. The Balaban J connectivity index is 1.90. The number of hydrogen-bond acceptors (Lipinski definition) is 6. The van der Waals surface area contributed by atoms with Gasteiger partial charge in [0.2, 0.25) is 0 Å². The lowest BCUT2D eigenvalue weighted by atomic mass is 10.1. The minimum atomic E-state index is -0.447. The Morgan fingerprint density at radius 3 is 2.48 bits per heavy atom. The molecule has 148 valence electrons. The monoisotopic (exact) mass is 409 g/mol. The van der Waals surface area contributed by atoms with E-state index in [0.717, 1.165) is 10.4 Å². The van der Waals surface area contributed by atoms with Crippen LogP contribution in [-0.2, 0) is 12.1 Å². The molecule has 0 unspecified atom stereocenters. The molecular formula is C20H19N5O3S. The molecule has 3 aromatic heterocycles. The molecule has 8 nitrogen and oxygen atoms in total. The summed E-state index contributed by atoms with van der Waals surface area (Å²) in [5, 5.41) is 22.6. The summed E-state index contributed by atoms with van der Waals surface area (Å²) in [5.74, 6) is 0. The normalized spacial score (nSPS) is 11.8. The van der Waals surface area contributed by atoms with Gasteiger partial charge >= 0.3 is 0 Å². The molecular weight excluding hydrogens is 390 g/mol. The Morgan fingerprint density at radius 2 is 1.90 bits per heavy atom. The lowest BCUT2D eigenvalue weighted by Gasteiger charge is -2.20. The van der Waals surface area contributed by atoms with Crippen LogP contribution in [0.15, 0.2) is 52.8 Å². The Hall–Kier alpha value is -3.33. The van der Waals surface area contributed by atoms with Crippen molar-refractivity contribution in [2.24, 2.45) is 0 Å². The molecule has 29 heavy (non-hydrogen) atoms. The minimum absolute atomic E-state index is 0.00888. The molecule has 0 aliphatic rings. The number of hydrogen-bond donors (Lipinski definition) is 0. The summed E-state index contributed by atoms with van der Waals surface area (Å²) in [6.45, 7) is 6.18. The third-order valence-corrected chi connectivity index (χ3v) is 5.43. The molecule has 0 fully saturated rings. The first-order chi connectivity index (χ1) is 13.8. The highest BCUT2D eigenvalue weighted by atomic mass is 32.1. The summed E-state index contributed by atoms with van der Waals surface area (Å²) in [6.07, 6.45) is 1.69. The topological polar surface area (TPSA) is 95.8 Å². The third kappa shape index (κ3) is 3.44. The number of thiophene rings is 1. The van der Waals surface area contributed by atoms with E-state index >= 15 is 0 Å². The Labute approximate surface area is 170 Å². The van der Waals surface area contributed by atoms with Gasteiger partial charge in [0.15, 0.2) is 0 Å². The smallest absolute Gasteiger partial charge is 0.265 e. The molecule has 0 saturated carbocycles. The highest BCUT2D eigenvalue weighted by Gasteiger charge is 2.23. The van der Waals surface area contributed by atoms with Crippen LogP contribution in [0, 0.1) is 10.1 Å². The second-order valence-electron chi connectivity index (χ2n) is 7.70.